The van der Waals surface area contributed by atoms with Crippen LogP contribution in [0.25, 0.3) is 0 Å². The molecule has 1 saturated heterocycles. The molecule has 0 radical (unpaired) electrons. The van der Waals surface area contributed by atoms with E-state index in [1.807, 2.05) is 22.8 Å². The number of amides is 1. The molecule has 0 unspecified atom stereocenters. The van der Waals surface area contributed by atoms with Gasteiger partial charge in [0.2, 0.25) is 5.91 Å². The van der Waals surface area contributed by atoms with Crippen LogP contribution in [-0.2, 0) is 31.5 Å². The molecule has 4 heterocycles. The number of piperidine rings is 1. The molecule has 8 heteroatoms. The van der Waals surface area contributed by atoms with Crippen LogP contribution in [0, 0.1) is 5.92 Å². The van der Waals surface area contributed by atoms with Gasteiger partial charge in [-0.15, -0.1) is 10.2 Å². The Balaban J connectivity index is 1.35. The van der Waals surface area contributed by atoms with Crippen molar-refractivity contribution in [2.75, 3.05) is 19.6 Å². The molecule has 152 valence electrons. The van der Waals surface area contributed by atoms with Gasteiger partial charge < -0.3 is 9.47 Å². The second-order valence-electron chi connectivity index (χ2n) is 8.61. The smallest absolute Gasteiger partial charge is 0.222 e. The number of aromatic nitrogens is 5. The molecule has 0 saturated carbocycles. The molecular formula is C20H31N7O. The summed E-state index contributed by atoms with van der Waals surface area (Å²) in [4.78, 5) is 16.7. The van der Waals surface area contributed by atoms with E-state index in [0.29, 0.717) is 24.2 Å². The van der Waals surface area contributed by atoms with E-state index in [2.05, 4.69) is 44.8 Å². The number of carbonyl (C=O) groups excluding carboxylic acids is 1. The standard InChI is InChI=1S/C20H31N7O/c1-15(2)10-19(28)26-6-4-17(5-7-26)20-23-22-18-14-25(8-9-27(18)20)13-16-11-21-24(3)12-16/h11-12,15,17H,4-10,13-14H2,1-3H3. The molecule has 2 aromatic rings. The Kier molecular flexibility index (Phi) is 5.48. The van der Waals surface area contributed by atoms with Gasteiger partial charge in [-0.25, -0.2) is 0 Å². The highest BCUT2D eigenvalue weighted by Gasteiger charge is 2.30. The van der Waals surface area contributed by atoms with Crippen molar-refractivity contribution in [2.45, 2.75) is 58.7 Å². The predicted octanol–water partition coefficient (Wildman–Crippen LogP) is 1.78. The van der Waals surface area contributed by atoms with E-state index in [0.717, 1.165) is 63.8 Å². The topological polar surface area (TPSA) is 72.1 Å². The first-order valence-corrected chi connectivity index (χ1v) is 10.4. The zero-order valence-electron chi connectivity index (χ0n) is 17.2. The Morgan fingerprint density at radius 2 is 1.96 bits per heavy atom. The van der Waals surface area contributed by atoms with Gasteiger partial charge in [0.05, 0.1) is 12.7 Å². The summed E-state index contributed by atoms with van der Waals surface area (Å²) in [7, 11) is 1.95. The molecule has 0 aromatic carbocycles. The maximum Gasteiger partial charge on any atom is 0.222 e. The average Bonchev–Trinajstić information content (AvgIpc) is 3.27. The van der Waals surface area contributed by atoms with Gasteiger partial charge in [0, 0.05) is 63.9 Å². The van der Waals surface area contributed by atoms with Crippen molar-refractivity contribution >= 4 is 5.91 Å². The van der Waals surface area contributed by atoms with E-state index in [-0.39, 0.29) is 0 Å². The minimum absolute atomic E-state index is 0.294. The highest BCUT2D eigenvalue weighted by atomic mass is 16.2. The number of nitrogens with zero attached hydrogens (tertiary/aromatic N) is 7. The molecule has 2 aromatic heterocycles. The van der Waals surface area contributed by atoms with E-state index >= 15 is 0 Å². The number of rotatable bonds is 5. The predicted molar refractivity (Wildman–Crippen MR) is 105 cm³/mol. The fraction of sp³-hybridized carbons (Fsp3) is 0.700. The lowest BCUT2D eigenvalue weighted by molar-refractivity contribution is -0.133. The largest absolute Gasteiger partial charge is 0.343 e. The summed E-state index contributed by atoms with van der Waals surface area (Å²) in [5, 5.41) is 13.3. The molecule has 2 aliphatic heterocycles. The Morgan fingerprint density at radius 3 is 2.64 bits per heavy atom. The first kappa shape index (κ1) is 19.1. The zero-order chi connectivity index (χ0) is 19.7. The van der Waals surface area contributed by atoms with Crippen LogP contribution in [-0.4, -0.2) is 59.9 Å². The minimum atomic E-state index is 0.294. The van der Waals surface area contributed by atoms with Crippen molar-refractivity contribution in [1.82, 2.24) is 34.3 Å². The second-order valence-corrected chi connectivity index (χ2v) is 8.61. The zero-order valence-corrected chi connectivity index (χ0v) is 17.2. The van der Waals surface area contributed by atoms with Gasteiger partial charge in [0.15, 0.2) is 0 Å². The summed E-state index contributed by atoms with van der Waals surface area (Å²) >= 11 is 0. The second kappa shape index (κ2) is 8.03. The Hall–Kier alpha value is -2.22. The highest BCUT2D eigenvalue weighted by Crippen LogP contribution is 2.29. The molecule has 0 aliphatic carbocycles. The van der Waals surface area contributed by atoms with Gasteiger partial charge in [0.1, 0.15) is 11.6 Å². The third-order valence-corrected chi connectivity index (χ3v) is 5.82. The summed E-state index contributed by atoms with van der Waals surface area (Å²) in [6.07, 6.45) is 6.62. The van der Waals surface area contributed by atoms with E-state index in [9.17, 15) is 4.79 Å². The number of aryl methyl sites for hydroxylation is 1. The highest BCUT2D eigenvalue weighted by molar-refractivity contribution is 5.76. The molecular weight excluding hydrogens is 354 g/mol. The third-order valence-electron chi connectivity index (χ3n) is 5.82. The normalized spacial score (nSPS) is 18.6. The van der Waals surface area contributed by atoms with Crippen LogP contribution in [0.5, 0.6) is 0 Å². The van der Waals surface area contributed by atoms with Gasteiger partial charge in [-0.3, -0.25) is 14.4 Å². The van der Waals surface area contributed by atoms with Crippen molar-refractivity contribution in [3.05, 3.63) is 29.6 Å². The van der Waals surface area contributed by atoms with Crippen molar-refractivity contribution in [1.29, 1.82) is 0 Å². The molecule has 0 N–H and O–H groups in total. The first-order chi connectivity index (χ1) is 13.5. The number of likely N-dealkylation sites (tertiary alicyclic amines) is 1. The number of hydrogen-bond acceptors (Lipinski definition) is 5. The van der Waals surface area contributed by atoms with Gasteiger partial charge in [-0.1, -0.05) is 13.8 Å². The fourth-order valence-corrected chi connectivity index (χ4v) is 4.34. The van der Waals surface area contributed by atoms with Crippen LogP contribution in [0.15, 0.2) is 12.4 Å². The Morgan fingerprint density at radius 1 is 1.18 bits per heavy atom. The van der Waals surface area contributed by atoms with Crippen LogP contribution < -0.4 is 0 Å². The Bertz CT molecular complexity index is 816. The molecule has 8 nitrogen and oxygen atoms in total. The van der Waals surface area contributed by atoms with Crippen molar-refractivity contribution < 1.29 is 4.79 Å². The lowest BCUT2D eigenvalue weighted by Gasteiger charge is -2.33. The van der Waals surface area contributed by atoms with Crippen LogP contribution in [0.4, 0.5) is 0 Å². The number of carbonyl (C=O) groups is 1. The van der Waals surface area contributed by atoms with E-state index in [1.165, 1.54) is 5.56 Å². The summed E-state index contributed by atoms with van der Waals surface area (Å²) in [5.41, 5.74) is 1.23. The lowest BCUT2D eigenvalue weighted by atomic mass is 9.95. The maximum absolute atomic E-state index is 12.3. The van der Waals surface area contributed by atoms with Crippen LogP contribution in [0.3, 0.4) is 0 Å². The monoisotopic (exact) mass is 385 g/mol. The number of hydrogen-bond donors (Lipinski definition) is 0. The quantitative estimate of drug-likeness (QED) is 0.785. The van der Waals surface area contributed by atoms with Crippen molar-refractivity contribution in [3.8, 4) is 0 Å². The first-order valence-electron chi connectivity index (χ1n) is 10.4. The van der Waals surface area contributed by atoms with Gasteiger partial charge in [-0.05, 0) is 18.8 Å². The van der Waals surface area contributed by atoms with Gasteiger partial charge >= 0.3 is 0 Å². The van der Waals surface area contributed by atoms with Crippen LogP contribution >= 0.6 is 0 Å². The van der Waals surface area contributed by atoms with Crippen molar-refractivity contribution in [2.24, 2.45) is 13.0 Å². The fourth-order valence-electron chi connectivity index (χ4n) is 4.34. The Labute approximate surface area is 166 Å². The van der Waals surface area contributed by atoms with E-state index < -0.39 is 0 Å². The molecule has 28 heavy (non-hydrogen) atoms. The maximum atomic E-state index is 12.3. The third kappa shape index (κ3) is 4.11. The van der Waals surface area contributed by atoms with Crippen LogP contribution in [0.1, 0.15) is 56.2 Å². The number of fused-ring (bicyclic) bond motifs is 1. The molecule has 0 bridgehead atoms. The summed E-state index contributed by atoms with van der Waals surface area (Å²) in [6.45, 7) is 9.54. The molecule has 0 spiro atoms. The van der Waals surface area contributed by atoms with E-state index in [4.69, 9.17) is 0 Å². The van der Waals surface area contributed by atoms with Crippen molar-refractivity contribution in [3.63, 3.8) is 0 Å². The molecule has 4 rings (SSSR count). The molecule has 0 atom stereocenters. The van der Waals surface area contributed by atoms with Gasteiger partial charge in [-0.2, -0.15) is 5.10 Å². The molecule has 1 fully saturated rings. The SMILES string of the molecule is CC(C)CC(=O)N1CCC(c2nnc3n2CCN(Cc2cnn(C)c2)C3)CC1. The summed E-state index contributed by atoms with van der Waals surface area (Å²) in [5.74, 6) is 3.30. The lowest BCUT2D eigenvalue weighted by Crippen LogP contribution is -2.39. The minimum Gasteiger partial charge on any atom is -0.343 e. The summed E-state index contributed by atoms with van der Waals surface area (Å²) < 4.78 is 4.16. The summed E-state index contributed by atoms with van der Waals surface area (Å²) in [6, 6.07) is 0. The molecule has 1 amide bonds. The van der Waals surface area contributed by atoms with Gasteiger partial charge in [0.25, 0.3) is 0 Å². The molecule has 2 aliphatic rings. The van der Waals surface area contributed by atoms with Crippen LogP contribution in [0.2, 0.25) is 0 Å². The van der Waals surface area contributed by atoms with E-state index in [1.54, 1.807) is 0 Å². The average molecular weight is 386 g/mol.